The molecular weight excluding hydrogens is 352 g/mol. The van der Waals surface area contributed by atoms with Crippen molar-refractivity contribution in [3.05, 3.63) is 53.6 Å². The number of nitrogen functional groups attached to an aromatic ring is 1. The van der Waals surface area contributed by atoms with Gasteiger partial charge in [0.05, 0.1) is 25.5 Å². The fourth-order valence-corrected chi connectivity index (χ4v) is 3.89. The Labute approximate surface area is 168 Å². The topological polar surface area (TPSA) is 68.0 Å². The molecule has 0 aromatic heterocycles. The Hall–Kier alpha value is -2.24. The van der Waals surface area contributed by atoms with E-state index in [9.17, 15) is 5.11 Å². The van der Waals surface area contributed by atoms with Gasteiger partial charge in [0.1, 0.15) is 0 Å². The number of methoxy groups -OCH3 is 1. The van der Waals surface area contributed by atoms with E-state index in [1.54, 1.807) is 7.11 Å². The van der Waals surface area contributed by atoms with E-state index in [0.717, 1.165) is 44.5 Å². The first-order valence-electron chi connectivity index (χ1n) is 10.1. The maximum Gasteiger partial charge on any atom is 0.184 e. The van der Waals surface area contributed by atoms with Gasteiger partial charge in [0.2, 0.25) is 0 Å². The van der Waals surface area contributed by atoms with E-state index in [1.807, 2.05) is 18.2 Å². The van der Waals surface area contributed by atoms with Crippen molar-refractivity contribution in [3.8, 4) is 11.5 Å². The van der Waals surface area contributed by atoms with Gasteiger partial charge in [-0.15, -0.1) is 0 Å². The van der Waals surface area contributed by atoms with Gasteiger partial charge in [-0.25, -0.2) is 0 Å². The van der Waals surface area contributed by atoms with Crippen molar-refractivity contribution in [2.45, 2.75) is 38.8 Å². The number of hydrogen-bond donors (Lipinski definition) is 2. The van der Waals surface area contributed by atoms with Crippen LogP contribution in [-0.2, 0) is 13.0 Å². The maximum atomic E-state index is 10.6. The number of anilines is 1. The van der Waals surface area contributed by atoms with E-state index in [0.29, 0.717) is 23.8 Å². The fourth-order valence-electron chi connectivity index (χ4n) is 3.89. The van der Waals surface area contributed by atoms with Gasteiger partial charge in [-0.1, -0.05) is 37.3 Å². The molecule has 2 atom stereocenters. The molecule has 0 aliphatic carbocycles. The smallest absolute Gasteiger partial charge is 0.184 e. The first kappa shape index (κ1) is 20.5. The van der Waals surface area contributed by atoms with Crippen LogP contribution in [0.4, 0.5) is 5.69 Å². The van der Waals surface area contributed by atoms with Crippen LogP contribution in [0.25, 0.3) is 0 Å². The summed E-state index contributed by atoms with van der Waals surface area (Å²) in [6, 6.07) is 14.4. The first-order valence-corrected chi connectivity index (χ1v) is 10.1. The van der Waals surface area contributed by atoms with Crippen LogP contribution in [0, 0.1) is 5.92 Å². The van der Waals surface area contributed by atoms with Crippen molar-refractivity contribution < 1.29 is 14.6 Å². The van der Waals surface area contributed by atoms with Gasteiger partial charge >= 0.3 is 0 Å². The second-order valence-electron chi connectivity index (χ2n) is 7.61. The van der Waals surface area contributed by atoms with E-state index < -0.39 is 0 Å². The molecule has 1 fully saturated rings. The molecule has 0 amide bonds. The molecule has 2 aromatic rings. The second-order valence-corrected chi connectivity index (χ2v) is 7.61. The molecule has 1 saturated heterocycles. The van der Waals surface area contributed by atoms with Gasteiger partial charge in [-0.2, -0.15) is 0 Å². The third-order valence-corrected chi connectivity index (χ3v) is 5.34. The highest BCUT2D eigenvalue weighted by atomic mass is 16.5. The lowest BCUT2D eigenvalue weighted by Crippen LogP contribution is -2.43. The third-order valence-electron chi connectivity index (χ3n) is 5.34. The van der Waals surface area contributed by atoms with Crippen LogP contribution in [0.5, 0.6) is 11.5 Å². The largest absolute Gasteiger partial charge is 0.493 e. The molecule has 28 heavy (non-hydrogen) atoms. The monoisotopic (exact) mass is 384 g/mol. The van der Waals surface area contributed by atoms with Crippen molar-refractivity contribution in [3.63, 3.8) is 0 Å². The predicted molar refractivity (Wildman–Crippen MR) is 113 cm³/mol. The molecule has 3 N–H and O–H groups in total. The first-order chi connectivity index (χ1) is 13.6. The number of piperidine rings is 1. The summed E-state index contributed by atoms with van der Waals surface area (Å²) in [6.07, 6.45) is 2.17. The molecule has 1 aliphatic rings. The molecule has 152 valence electrons. The second kappa shape index (κ2) is 9.80. The van der Waals surface area contributed by atoms with Crippen LogP contribution in [0.2, 0.25) is 0 Å². The van der Waals surface area contributed by atoms with Gasteiger partial charge in [0.25, 0.3) is 0 Å². The third kappa shape index (κ3) is 5.18. The lowest BCUT2D eigenvalue weighted by molar-refractivity contribution is 0.0239. The highest BCUT2D eigenvalue weighted by molar-refractivity contribution is 5.62. The van der Waals surface area contributed by atoms with Gasteiger partial charge in [0, 0.05) is 25.6 Å². The molecule has 5 heteroatoms. The molecule has 0 radical (unpaired) electrons. The van der Waals surface area contributed by atoms with Crippen LogP contribution in [-0.4, -0.2) is 42.9 Å². The average Bonchev–Trinajstić information content (AvgIpc) is 2.70. The SMILES string of the molecule is CCCOc1c(N)cc(CC2CN(Cc3ccccc3)CCC2O)cc1OC. The number of hydrogen-bond acceptors (Lipinski definition) is 5. The summed E-state index contributed by atoms with van der Waals surface area (Å²) in [5.41, 5.74) is 9.20. The molecule has 5 nitrogen and oxygen atoms in total. The Bertz CT molecular complexity index is 751. The van der Waals surface area contributed by atoms with Gasteiger partial charge in [-0.05, 0) is 42.5 Å². The highest BCUT2D eigenvalue weighted by Crippen LogP contribution is 2.36. The van der Waals surface area contributed by atoms with Crippen molar-refractivity contribution in [1.29, 1.82) is 0 Å². The molecule has 0 saturated carbocycles. The molecule has 3 rings (SSSR count). The van der Waals surface area contributed by atoms with Crippen LogP contribution < -0.4 is 15.2 Å². The standard InChI is InChI=1S/C23H32N2O3/c1-3-11-28-23-20(24)13-18(14-22(23)27-2)12-19-16-25(10-9-21(19)26)15-17-7-5-4-6-8-17/h4-8,13-14,19,21,26H,3,9-12,15-16,24H2,1-2H3. The highest BCUT2D eigenvalue weighted by Gasteiger charge is 2.28. The summed E-state index contributed by atoms with van der Waals surface area (Å²) < 4.78 is 11.3. The molecule has 0 spiro atoms. The lowest BCUT2D eigenvalue weighted by atomic mass is 9.88. The van der Waals surface area contributed by atoms with Gasteiger partial charge in [0.15, 0.2) is 11.5 Å². The Morgan fingerprint density at radius 3 is 2.68 bits per heavy atom. The molecule has 1 heterocycles. The zero-order valence-corrected chi connectivity index (χ0v) is 16.9. The van der Waals surface area contributed by atoms with Gasteiger partial charge < -0.3 is 20.3 Å². The van der Waals surface area contributed by atoms with E-state index in [4.69, 9.17) is 15.2 Å². The minimum Gasteiger partial charge on any atom is -0.493 e. The maximum absolute atomic E-state index is 10.6. The summed E-state index contributed by atoms with van der Waals surface area (Å²) in [6.45, 7) is 5.37. The summed E-state index contributed by atoms with van der Waals surface area (Å²) >= 11 is 0. The number of ether oxygens (including phenoxy) is 2. The number of aliphatic hydroxyl groups excluding tert-OH is 1. The summed E-state index contributed by atoms with van der Waals surface area (Å²) in [5, 5.41) is 10.6. The summed E-state index contributed by atoms with van der Waals surface area (Å²) in [7, 11) is 1.63. The minimum absolute atomic E-state index is 0.170. The molecule has 0 bridgehead atoms. The van der Waals surface area contributed by atoms with Crippen LogP contribution in [0.15, 0.2) is 42.5 Å². The predicted octanol–water partition coefficient (Wildman–Crippen LogP) is 3.49. The van der Waals surface area contributed by atoms with Crippen LogP contribution >= 0.6 is 0 Å². The molecule has 2 unspecified atom stereocenters. The zero-order valence-electron chi connectivity index (χ0n) is 16.9. The van der Waals surface area contributed by atoms with Crippen molar-refractivity contribution >= 4 is 5.69 Å². The quantitative estimate of drug-likeness (QED) is 0.682. The summed E-state index contributed by atoms with van der Waals surface area (Å²) in [4.78, 5) is 2.42. The van der Waals surface area contributed by atoms with Crippen LogP contribution in [0.1, 0.15) is 30.9 Å². The number of aliphatic hydroxyl groups is 1. The molecule has 1 aliphatic heterocycles. The number of likely N-dealkylation sites (tertiary alicyclic amines) is 1. The minimum atomic E-state index is -0.296. The van der Waals surface area contributed by atoms with E-state index in [-0.39, 0.29) is 12.0 Å². The number of nitrogens with zero attached hydrogens (tertiary/aromatic N) is 1. The Morgan fingerprint density at radius 1 is 1.18 bits per heavy atom. The van der Waals surface area contributed by atoms with Crippen LogP contribution in [0.3, 0.4) is 0 Å². The normalized spacial score (nSPS) is 20.1. The number of nitrogens with two attached hydrogens (primary N) is 1. The van der Waals surface area contributed by atoms with Crippen molar-refractivity contribution in [1.82, 2.24) is 4.90 Å². The van der Waals surface area contributed by atoms with E-state index >= 15 is 0 Å². The van der Waals surface area contributed by atoms with Gasteiger partial charge in [-0.3, -0.25) is 4.90 Å². The van der Waals surface area contributed by atoms with E-state index in [2.05, 4.69) is 36.1 Å². The zero-order chi connectivity index (χ0) is 19.9. The molecular formula is C23H32N2O3. The Kier molecular flexibility index (Phi) is 7.18. The number of benzene rings is 2. The average molecular weight is 385 g/mol. The lowest BCUT2D eigenvalue weighted by Gasteiger charge is -2.36. The Balaban J connectivity index is 1.69. The number of rotatable bonds is 8. The molecule has 2 aromatic carbocycles. The van der Waals surface area contributed by atoms with E-state index in [1.165, 1.54) is 5.56 Å². The van der Waals surface area contributed by atoms with Crippen molar-refractivity contribution in [2.24, 2.45) is 5.92 Å². The Morgan fingerprint density at radius 2 is 1.96 bits per heavy atom. The summed E-state index contributed by atoms with van der Waals surface area (Å²) in [5.74, 6) is 1.45. The fraction of sp³-hybridized carbons (Fsp3) is 0.478. The van der Waals surface area contributed by atoms with Crippen molar-refractivity contribution in [2.75, 3.05) is 32.5 Å².